The van der Waals surface area contributed by atoms with Crippen LogP contribution in [-0.2, 0) is 6.61 Å². The third-order valence-electron chi connectivity index (χ3n) is 5.58. The number of nitrogens with zero attached hydrogens (tertiary/aromatic N) is 3. The first-order chi connectivity index (χ1) is 15.3. The van der Waals surface area contributed by atoms with Gasteiger partial charge in [0.1, 0.15) is 18.1 Å². The first-order valence-electron chi connectivity index (χ1n) is 10.5. The molecule has 0 aromatic carbocycles. The minimum Gasteiger partial charge on any atom is -0.473 e. The Kier molecular flexibility index (Phi) is 6.16. The number of nitrogens with one attached hydrogen (secondary N) is 1. The number of carbonyl (C=O) groups is 1. The maximum absolute atomic E-state index is 13.3. The van der Waals surface area contributed by atoms with Crippen molar-refractivity contribution in [2.24, 2.45) is 0 Å². The Labute approximate surface area is 184 Å². The van der Waals surface area contributed by atoms with Gasteiger partial charge in [0, 0.05) is 48.6 Å². The monoisotopic (exact) mass is 442 g/mol. The molecule has 0 radical (unpaired) electrons. The van der Waals surface area contributed by atoms with Crippen LogP contribution >= 0.6 is 0 Å². The number of carbonyl (C=O) groups excluding carboxylic acids is 1. The Morgan fingerprint density at radius 1 is 1.16 bits per heavy atom. The number of rotatable bonds is 6. The third-order valence-corrected chi connectivity index (χ3v) is 5.58. The molecule has 1 saturated carbocycles. The van der Waals surface area contributed by atoms with Crippen LogP contribution in [0.3, 0.4) is 0 Å². The molecule has 9 heteroatoms. The highest BCUT2D eigenvalue weighted by Gasteiger charge is 2.35. The molecule has 3 aromatic rings. The van der Waals surface area contributed by atoms with Gasteiger partial charge < -0.3 is 14.6 Å². The zero-order valence-electron chi connectivity index (χ0n) is 17.9. The molecule has 0 unspecified atom stereocenters. The second-order valence-corrected chi connectivity index (χ2v) is 8.03. The highest BCUT2D eigenvalue weighted by molar-refractivity contribution is 5.94. The van der Waals surface area contributed by atoms with E-state index < -0.39 is 5.92 Å². The van der Waals surface area contributed by atoms with Crippen LogP contribution in [0.2, 0.25) is 0 Å². The zero-order valence-corrected chi connectivity index (χ0v) is 17.9. The number of hydrogen-bond acceptors (Lipinski definition) is 6. The zero-order chi connectivity index (χ0) is 22.7. The summed E-state index contributed by atoms with van der Waals surface area (Å²) in [6, 6.07) is 6.76. The molecule has 1 fully saturated rings. The van der Waals surface area contributed by atoms with E-state index in [1.165, 1.54) is 6.20 Å². The quantitative estimate of drug-likeness (QED) is 0.598. The second-order valence-electron chi connectivity index (χ2n) is 8.03. The summed E-state index contributed by atoms with van der Waals surface area (Å²) >= 11 is 0. The molecule has 168 valence electrons. The summed E-state index contributed by atoms with van der Waals surface area (Å²) in [5, 5.41) is 6.92. The highest BCUT2D eigenvalue weighted by atomic mass is 19.3. The maximum Gasteiger partial charge on any atom is 0.253 e. The average molecular weight is 442 g/mol. The highest BCUT2D eigenvalue weighted by Crippen LogP contribution is 2.33. The molecule has 3 heterocycles. The molecular weight excluding hydrogens is 418 g/mol. The van der Waals surface area contributed by atoms with Crippen LogP contribution in [-0.4, -0.2) is 33.0 Å². The molecule has 0 bridgehead atoms. The molecule has 1 aliphatic carbocycles. The summed E-state index contributed by atoms with van der Waals surface area (Å²) in [7, 11) is 0. The van der Waals surface area contributed by atoms with Gasteiger partial charge in [-0.2, -0.15) is 0 Å². The molecule has 0 atom stereocenters. The molecule has 4 rings (SSSR count). The van der Waals surface area contributed by atoms with Crippen LogP contribution < -0.4 is 10.1 Å². The van der Waals surface area contributed by atoms with E-state index in [1.807, 2.05) is 19.1 Å². The van der Waals surface area contributed by atoms with Crippen LogP contribution in [0.1, 0.15) is 53.1 Å². The van der Waals surface area contributed by atoms with E-state index >= 15 is 0 Å². The molecule has 1 N–H and O–H groups in total. The van der Waals surface area contributed by atoms with Gasteiger partial charge in [-0.15, -0.1) is 0 Å². The van der Waals surface area contributed by atoms with Gasteiger partial charge in [0.25, 0.3) is 5.91 Å². The molecule has 7 nitrogen and oxygen atoms in total. The van der Waals surface area contributed by atoms with Gasteiger partial charge in [0.2, 0.25) is 11.8 Å². The third kappa shape index (κ3) is 5.09. The minimum atomic E-state index is -2.62. The average Bonchev–Trinajstić information content (AvgIpc) is 3.15. The van der Waals surface area contributed by atoms with Crippen LogP contribution in [0.4, 0.5) is 8.78 Å². The van der Waals surface area contributed by atoms with Gasteiger partial charge in [0.15, 0.2) is 0 Å². The lowest BCUT2D eigenvalue weighted by molar-refractivity contribution is -0.0399. The van der Waals surface area contributed by atoms with Crippen molar-refractivity contribution < 1.29 is 22.8 Å². The smallest absolute Gasteiger partial charge is 0.253 e. The summed E-state index contributed by atoms with van der Waals surface area (Å²) < 4.78 is 37.6. The molecule has 1 aliphatic rings. The van der Waals surface area contributed by atoms with Crippen LogP contribution in [0.15, 0.2) is 41.2 Å². The van der Waals surface area contributed by atoms with Crippen molar-refractivity contribution in [2.75, 3.05) is 0 Å². The fourth-order valence-corrected chi connectivity index (χ4v) is 3.60. The summed E-state index contributed by atoms with van der Waals surface area (Å²) in [5.41, 5.74) is 3.52. The predicted octanol–water partition coefficient (Wildman–Crippen LogP) is 4.64. The van der Waals surface area contributed by atoms with Gasteiger partial charge in [0.05, 0.1) is 11.1 Å². The molecular formula is C23H24F2N4O3. The molecule has 0 aliphatic heterocycles. The largest absolute Gasteiger partial charge is 0.473 e. The Bertz CT molecular complexity index is 1070. The Morgan fingerprint density at radius 2 is 1.94 bits per heavy atom. The first-order valence-corrected chi connectivity index (χ1v) is 10.5. The van der Waals surface area contributed by atoms with E-state index in [2.05, 4.69) is 20.4 Å². The van der Waals surface area contributed by atoms with E-state index in [9.17, 15) is 13.6 Å². The molecule has 1 amide bonds. The van der Waals surface area contributed by atoms with Crippen LogP contribution in [0.5, 0.6) is 5.88 Å². The van der Waals surface area contributed by atoms with Crippen molar-refractivity contribution >= 4 is 5.91 Å². The second kappa shape index (κ2) is 9.02. The lowest BCUT2D eigenvalue weighted by Crippen LogP contribution is -2.40. The van der Waals surface area contributed by atoms with Gasteiger partial charge in [-0.3, -0.25) is 9.78 Å². The van der Waals surface area contributed by atoms with Crippen molar-refractivity contribution in [3.8, 4) is 17.1 Å². The summed E-state index contributed by atoms with van der Waals surface area (Å²) in [6.45, 7) is 3.90. The molecule has 0 saturated heterocycles. The van der Waals surface area contributed by atoms with E-state index in [1.54, 1.807) is 25.3 Å². The first kappa shape index (κ1) is 21.9. The Balaban J connectivity index is 1.36. The summed E-state index contributed by atoms with van der Waals surface area (Å²) in [5.74, 6) is -1.98. The number of pyridine rings is 2. The van der Waals surface area contributed by atoms with E-state index in [0.717, 1.165) is 16.8 Å². The summed E-state index contributed by atoms with van der Waals surface area (Å²) in [6.07, 6.45) is 3.27. The van der Waals surface area contributed by atoms with E-state index in [4.69, 9.17) is 9.26 Å². The SMILES string of the molecule is Cc1ccc(-c2noc(C)c2COc2ccc(C(=O)NC3CCC(F)(F)CC3)cn2)cn1. The lowest BCUT2D eigenvalue weighted by Gasteiger charge is -2.28. The van der Waals surface area contributed by atoms with Crippen molar-refractivity contribution in [1.82, 2.24) is 20.4 Å². The molecule has 32 heavy (non-hydrogen) atoms. The van der Waals surface area contributed by atoms with Crippen LogP contribution in [0, 0.1) is 13.8 Å². The Hall–Kier alpha value is -3.36. The summed E-state index contributed by atoms with van der Waals surface area (Å²) in [4.78, 5) is 20.9. The Morgan fingerprint density at radius 3 is 2.59 bits per heavy atom. The topological polar surface area (TPSA) is 90.1 Å². The number of amides is 1. The van der Waals surface area contributed by atoms with Gasteiger partial charge in [-0.05, 0) is 44.9 Å². The van der Waals surface area contributed by atoms with E-state index in [0.29, 0.717) is 22.9 Å². The van der Waals surface area contributed by atoms with Gasteiger partial charge in [-0.1, -0.05) is 5.16 Å². The number of alkyl halides is 2. The number of ether oxygens (including phenoxy) is 1. The van der Waals surface area contributed by atoms with Gasteiger partial charge in [-0.25, -0.2) is 13.8 Å². The fourth-order valence-electron chi connectivity index (χ4n) is 3.60. The molecule has 0 spiro atoms. The lowest BCUT2D eigenvalue weighted by atomic mass is 9.92. The van der Waals surface area contributed by atoms with Crippen molar-refractivity contribution in [2.45, 2.75) is 58.1 Å². The fraction of sp³-hybridized carbons (Fsp3) is 0.391. The minimum absolute atomic E-state index is 0.188. The number of halogens is 2. The van der Waals surface area contributed by atoms with Crippen molar-refractivity contribution in [1.29, 1.82) is 0 Å². The maximum atomic E-state index is 13.3. The molecule has 3 aromatic heterocycles. The van der Waals surface area contributed by atoms with Crippen LogP contribution in [0.25, 0.3) is 11.3 Å². The number of hydrogen-bond donors (Lipinski definition) is 1. The van der Waals surface area contributed by atoms with Crippen molar-refractivity contribution in [3.63, 3.8) is 0 Å². The van der Waals surface area contributed by atoms with E-state index in [-0.39, 0.29) is 44.2 Å². The predicted molar refractivity (Wildman–Crippen MR) is 112 cm³/mol. The standard InChI is InChI=1S/C23H24F2N4O3/c1-14-3-4-16(11-26-14)21-19(15(2)32-29-21)13-31-20-6-5-17(12-27-20)22(30)28-18-7-9-23(24,25)10-8-18/h3-6,11-12,18H,7-10,13H2,1-2H3,(H,28,30). The van der Waals surface area contributed by atoms with Crippen molar-refractivity contribution in [3.05, 3.63) is 59.2 Å². The number of aryl methyl sites for hydroxylation is 2. The van der Waals surface area contributed by atoms with Gasteiger partial charge >= 0.3 is 0 Å². The normalized spacial score (nSPS) is 16.0. The number of aromatic nitrogens is 3.